The van der Waals surface area contributed by atoms with Crippen molar-refractivity contribution in [2.45, 2.75) is 37.0 Å². The quantitative estimate of drug-likeness (QED) is 0.606. The van der Waals surface area contributed by atoms with Crippen molar-refractivity contribution in [1.82, 2.24) is 5.43 Å². The average Bonchev–Trinajstić information content (AvgIpc) is 2.43. The molecule has 1 aliphatic rings. The second-order valence-corrected chi connectivity index (χ2v) is 9.28. The molecule has 0 saturated heterocycles. The first kappa shape index (κ1) is 17.2. The summed E-state index contributed by atoms with van der Waals surface area (Å²) in [6, 6.07) is 5.64. The van der Waals surface area contributed by atoms with Crippen LogP contribution in [-0.4, -0.2) is 19.9 Å². The second kappa shape index (κ2) is 6.96. The van der Waals surface area contributed by atoms with Gasteiger partial charge in [0.2, 0.25) is 0 Å². The van der Waals surface area contributed by atoms with E-state index < -0.39 is 9.84 Å². The fraction of sp³-hybridized carbons (Fsp3) is 0.571. The van der Waals surface area contributed by atoms with Crippen molar-refractivity contribution in [3.63, 3.8) is 0 Å². The number of rotatable bonds is 4. The Labute approximate surface area is 139 Å². The third-order valence-electron chi connectivity index (χ3n) is 4.23. The Morgan fingerprint density at radius 1 is 1.43 bits per heavy atom. The Bertz CT molecular complexity index is 609. The van der Waals surface area contributed by atoms with Crippen molar-refractivity contribution < 1.29 is 8.42 Å². The molecule has 2 rings (SSSR count). The maximum absolute atomic E-state index is 11.8. The van der Waals surface area contributed by atoms with Crippen LogP contribution in [0.25, 0.3) is 0 Å². The van der Waals surface area contributed by atoms with Crippen LogP contribution in [0.15, 0.2) is 22.7 Å². The molecule has 0 bridgehead atoms. The first-order chi connectivity index (χ1) is 9.82. The molecule has 1 aromatic carbocycles. The number of hydrazine groups is 1. The third-order valence-corrected chi connectivity index (χ3v) is 7.10. The molecule has 3 N–H and O–H groups in total. The number of nitrogens with one attached hydrogen (secondary N) is 1. The highest BCUT2D eigenvalue weighted by Gasteiger charge is 2.33. The lowest BCUT2D eigenvalue weighted by Crippen LogP contribution is -2.38. The molecule has 1 saturated carbocycles. The minimum absolute atomic E-state index is 0.0832. The number of halogens is 2. The van der Waals surface area contributed by atoms with E-state index in [9.17, 15) is 8.42 Å². The first-order valence-electron chi connectivity index (χ1n) is 6.93. The number of sulfone groups is 1. The molecule has 4 nitrogen and oxygen atoms in total. The molecule has 1 aliphatic carbocycles. The van der Waals surface area contributed by atoms with Gasteiger partial charge < -0.3 is 0 Å². The van der Waals surface area contributed by atoms with Gasteiger partial charge >= 0.3 is 0 Å². The molecule has 0 aliphatic heterocycles. The van der Waals surface area contributed by atoms with Crippen LogP contribution in [0.3, 0.4) is 0 Å². The first-order valence-corrected chi connectivity index (χ1v) is 10.1. The Morgan fingerprint density at radius 3 is 2.71 bits per heavy atom. The van der Waals surface area contributed by atoms with Crippen LogP contribution >= 0.6 is 27.5 Å². The van der Waals surface area contributed by atoms with Gasteiger partial charge in [0.15, 0.2) is 0 Å². The van der Waals surface area contributed by atoms with Gasteiger partial charge in [0, 0.05) is 16.8 Å². The van der Waals surface area contributed by atoms with Gasteiger partial charge in [-0.2, -0.15) is 0 Å². The molecular formula is C14H20BrClN2O2S. The lowest BCUT2D eigenvalue weighted by atomic mass is 9.81. The molecule has 0 heterocycles. The Kier molecular flexibility index (Phi) is 5.71. The van der Waals surface area contributed by atoms with Crippen LogP contribution in [0.5, 0.6) is 0 Å². The van der Waals surface area contributed by atoms with Crippen molar-refractivity contribution in [2.24, 2.45) is 11.8 Å². The highest BCUT2D eigenvalue weighted by molar-refractivity contribution is 9.10. The predicted molar refractivity (Wildman–Crippen MR) is 89.8 cm³/mol. The zero-order valence-electron chi connectivity index (χ0n) is 11.9. The largest absolute Gasteiger partial charge is 0.271 e. The molecule has 7 heteroatoms. The minimum atomic E-state index is -3.00. The third kappa shape index (κ3) is 4.20. The van der Waals surface area contributed by atoms with E-state index in [1.807, 2.05) is 18.2 Å². The van der Waals surface area contributed by atoms with Crippen molar-refractivity contribution in [3.8, 4) is 0 Å². The Hall–Kier alpha value is -0.140. The molecule has 21 heavy (non-hydrogen) atoms. The Morgan fingerprint density at radius 2 is 2.14 bits per heavy atom. The number of benzene rings is 1. The van der Waals surface area contributed by atoms with Gasteiger partial charge in [0.1, 0.15) is 9.84 Å². The van der Waals surface area contributed by atoms with Gasteiger partial charge in [0.25, 0.3) is 0 Å². The summed E-state index contributed by atoms with van der Waals surface area (Å²) < 4.78 is 24.4. The molecule has 0 aromatic heterocycles. The second-order valence-electron chi connectivity index (χ2n) is 5.70. The monoisotopic (exact) mass is 394 g/mol. The smallest absolute Gasteiger partial charge is 0.150 e. The molecule has 1 fully saturated rings. The predicted octanol–water partition coefficient (Wildman–Crippen LogP) is 3.21. The highest BCUT2D eigenvalue weighted by atomic mass is 79.9. The standard InChI is InChI=1S/C14H20BrClN2O2S/c1-21(19,20)11-4-2-3-9(7-11)14(18-17)10-5-6-12(15)13(16)8-10/h5-6,8-9,11,14,18H,2-4,7,17H2,1H3. The maximum atomic E-state index is 11.8. The maximum Gasteiger partial charge on any atom is 0.150 e. The van der Waals surface area contributed by atoms with Crippen LogP contribution in [0.2, 0.25) is 5.02 Å². The van der Waals surface area contributed by atoms with Crippen molar-refractivity contribution >= 4 is 37.4 Å². The Balaban J connectivity index is 2.22. The van der Waals surface area contributed by atoms with E-state index in [0.29, 0.717) is 11.4 Å². The summed E-state index contributed by atoms with van der Waals surface area (Å²) in [5.74, 6) is 5.92. The molecular weight excluding hydrogens is 376 g/mol. The molecule has 0 amide bonds. The fourth-order valence-electron chi connectivity index (χ4n) is 3.08. The van der Waals surface area contributed by atoms with Crippen LogP contribution in [0, 0.1) is 5.92 Å². The molecule has 0 radical (unpaired) electrons. The molecule has 118 valence electrons. The SMILES string of the molecule is CS(=O)(=O)C1CCCC(C(NN)c2ccc(Br)c(Cl)c2)C1. The van der Waals surface area contributed by atoms with E-state index >= 15 is 0 Å². The van der Waals surface area contributed by atoms with E-state index in [4.69, 9.17) is 17.4 Å². The normalized spacial score (nSPS) is 24.8. The van der Waals surface area contributed by atoms with Gasteiger partial charge in [-0.25, -0.2) is 8.42 Å². The summed E-state index contributed by atoms with van der Waals surface area (Å²) in [7, 11) is -3.00. The van der Waals surface area contributed by atoms with Crippen LogP contribution in [0.1, 0.15) is 37.3 Å². The fourth-order valence-corrected chi connectivity index (χ4v) is 4.71. The minimum Gasteiger partial charge on any atom is -0.271 e. The van der Waals surface area contributed by atoms with E-state index in [1.165, 1.54) is 6.26 Å². The molecule has 1 aromatic rings. The van der Waals surface area contributed by atoms with Crippen LogP contribution in [0.4, 0.5) is 0 Å². The van der Waals surface area contributed by atoms with E-state index in [0.717, 1.165) is 29.3 Å². The van der Waals surface area contributed by atoms with E-state index in [1.54, 1.807) is 0 Å². The molecule has 0 spiro atoms. The van der Waals surface area contributed by atoms with Gasteiger partial charge in [-0.3, -0.25) is 11.3 Å². The van der Waals surface area contributed by atoms with Crippen molar-refractivity contribution in [2.75, 3.05) is 6.26 Å². The topological polar surface area (TPSA) is 72.2 Å². The number of hydrogen-bond acceptors (Lipinski definition) is 4. The summed E-state index contributed by atoms with van der Waals surface area (Å²) in [6.07, 6.45) is 4.58. The lowest BCUT2D eigenvalue weighted by Gasteiger charge is -2.33. The highest BCUT2D eigenvalue weighted by Crippen LogP contribution is 2.37. The molecule has 3 atom stereocenters. The van der Waals surface area contributed by atoms with Crippen molar-refractivity contribution in [1.29, 1.82) is 0 Å². The van der Waals surface area contributed by atoms with Crippen LogP contribution < -0.4 is 11.3 Å². The van der Waals surface area contributed by atoms with Gasteiger partial charge in [-0.15, -0.1) is 0 Å². The summed E-state index contributed by atoms with van der Waals surface area (Å²) in [5.41, 5.74) is 3.83. The average molecular weight is 396 g/mol. The van der Waals surface area contributed by atoms with Gasteiger partial charge in [-0.1, -0.05) is 24.1 Å². The van der Waals surface area contributed by atoms with Gasteiger partial charge in [0.05, 0.1) is 10.3 Å². The zero-order chi connectivity index (χ0) is 15.6. The lowest BCUT2D eigenvalue weighted by molar-refractivity contribution is 0.274. The summed E-state index contributed by atoms with van der Waals surface area (Å²) in [4.78, 5) is 0. The zero-order valence-corrected chi connectivity index (χ0v) is 15.0. The number of hydrogen-bond donors (Lipinski definition) is 2. The van der Waals surface area contributed by atoms with Crippen LogP contribution in [-0.2, 0) is 9.84 Å². The summed E-state index contributed by atoms with van der Waals surface area (Å²) in [6.45, 7) is 0. The summed E-state index contributed by atoms with van der Waals surface area (Å²) in [5, 5.41) is 0.362. The summed E-state index contributed by atoms with van der Waals surface area (Å²) >= 11 is 9.51. The van der Waals surface area contributed by atoms with Crippen molar-refractivity contribution in [3.05, 3.63) is 33.3 Å². The van der Waals surface area contributed by atoms with Gasteiger partial charge in [-0.05, 0) is 58.8 Å². The van der Waals surface area contributed by atoms with E-state index in [-0.39, 0.29) is 17.2 Å². The number of nitrogens with two attached hydrogens (primary N) is 1. The molecule has 3 unspecified atom stereocenters. The van der Waals surface area contributed by atoms with E-state index in [2.05, 4.69) is 21.4 Å².